The van der Waals surface area contributed by atoms with E-state index in [1.165, 1.54) is 16.8 Å². The summed E-state index contributed by atoms with van der Waals surface area (Å²) < 4.78 is 5.37. The standard InChI is InChI=1S/C12H17NO/c1-8-4-10-5-9(2)7-13-12(10)11(6-8)14-3/h4,6,9,13H,5,7H2,1-3H3. The van der Waals surface area contributed by atoms with Gasteiger partial charge in [0, 0.05) is 6.54 Å². The van der Waals surface area contributed by atoms with E-state index in [1.807, 2.05) is 0 Å². The molecule has 1 N–H and O–H groups in total. The van der Waals surface area contributed by atoms with Crippen molar-refractivity contribution in [3.8, 4) is 5.75 Å². The Morgan fingerprint density at radius 3 is 2.93 bits per heavy atom. The van der Waals surface area contributed by atoms with Crippen LogP contribution in [0.4, 0.5) is 5.69 Å². The van der Waals surface area contributed by atoms with Gasteiger partial charge in [0.1, 0.15) is 5.75 Å². The normalized spacial score (nSPS) is 19.8. The molecule has 2 nitrogen and oxygen atoms in total. The summed E-state index contributed by atoms with van der Waals surface area (Å²) in [5.41, 5.74) is 3.85. The molecule has 1 unspecified atom stereocenters. The molecule has 0 bridgehead atoms. The smallest absolute Gasteiger partial charge is 0.142 e. The second kappa shape index (κ2) is 3.52. The van der Waals surface area contributed by atoms with Crippen LogP contribution >= 0.6 is 0 Å². The molecule has 1 atom stereocenters. The third kappa shape index (κ3) is 1.57. The molecule has 76 valence electrons. The van der Waals surface area contributed by atoms with Gasteiger partial charge in [-0.05, 0) is 36.5 Å². The van der Waals surface area contributed by atoms with E-state index in [1.54, 1.807) is 7.11 Å². The molecule has 0 radical (unpaired) electrons. The molecular weight excluding hydrogens is 174 g/mol. The molecule has 1 aliphatic rings. The number of anilines is 1. The SMILES string of the molecule is COc1cc(C)cc2c1NCC(C)C2. The van der Waals surface area contributed by atoms with Crippen LogP contribution in [-0.4, -0.2) is 13.7 Å². The summed E-state index contributed by atoms with van der Waals surface area (Å²) in [6.07, 6.45) is 1.15. The van der Waals surface area contributed by atoms with Crippen LogP contribution < -0.4 is 10.1 Å². The summed E-state index contributed by atoms with van der Waals surface area (Å²) >= 11 is 0. The molecule has 0 fully saturated rings. The number of methoxy groups -OCH3 is 1. The first kappa shape index (κ1) is 9.38. The number of rotatable bonds is 1. The van der Waals surface area contributed by atoms with Crippen LogP contribution in [-0.2, 0) is 6.42 Å². The van der Waals surface area contributed by atoms with Crippen LogP contribution in [0.3, 0.4) is 0 Å². The van der Waals surface area contributed by atoms with Crippen LogP contribution in [0.15, 0.2) is 12.1 Å². The van der Waals surface area contributed by atoms with Gasteiger partial charge in [-0.1, -0.05) is 13.0 Å². The Morgan fingerprint density at radius 1 is 1.43 bits per heavy atom. The molecular formula is C12H17NO. The third-order valence-corrected chi connectivity index (χ3v) is 2.74. The highest BCUT2D eigenvalue weighted by molar-refractivity contribution is 5.64. The number of aryl methyl sites for hydroxylation is 1. The molecule has 0 saturated heterocycles. The van der Waals surface area contributed by atoms with Gasteiger partial charge in [-0.15, -0.1) is 0 Å². The van der Waals surface area contributed by atoms with Crippen molar-refractivity contribution in [2.75, 3.05) is 19.0 Å². The van der Waals surface area contributed by atoms with Gasteiger partial charge in [0.2, 0.25) is 0 Å². The Labute approximate surface area is 85.3 Å². The predicted octanol–water partition coefficient (Wildman–Crippen LogP) is 2.61. The number of ether oxygens (including phenoxy) is 1. The van der Waals surface area contributed by atoms with E-state index >= 15 is 0 Å². The lowest BCUT2D eigenvalue weighted by Gasteiger charge is -2.25. The lowest BCUT2D eigenvalue weighted by atomic mass is 9.94. The van der Waals surface area contributed by atoms with Gasteiger partial charge in [0.05, 0.1) is 12.8 Å². The Balaban J connectivity index is 2.46. The van der Waals surface area contributed by atoms with E-state index in [4.69, 9.17) is 4.74 Å². The molecule has 1 heterocycles. The van der Waals surface area contributed by atoms with Crippen molar-refractivity contribution < 1.29 is 4.74 Å². The zero-order valence-electron chi connectivity index (χ0n) is 9.05. The fourth-order valence-electron chi connectivity index (χ4n) is 2.07. The second-order valence-corrected chi connectivity index (χ2v) is 4.19. The van der Waals surface area contributed by atoms with Gasteiger partial charge in [-0.25, -0.2) is 0 Å². The van der Waals surface area contributed by atoms with Crippen molar-refractivity contribution in [3.63, 3.8) is 0 Å². The number of benzene rings is 1. The molecule has 0 amide bonds. The highest BCUT2D eigenvalue weighted by Gasteiger charge is 2.18. The molecule has 0 saturated carbocycles. The molecule has 1 aromatic carbocycles. The zero-order chi connectivity index (χ0) is 10.1. The average Bonchev–Trinajstić information content (AvgIpc) is 2.15. The van der Waals surface area contributed by atoms with Gasteiger partial charge in [0.25, 0.3) is 0 Å². The van der Waals surface area contributed by atoms with E-state index in [2.05, 4.69) is 31.3 Å². The first-order chi connectivity index (χ1) is 6.70. The predicted molar refractivity (Wildman–Crippen MR) is 59.1 cm³/mol. The van der Waals surface area contributed by atoms with Crippen molar-refractivity contribution in [1.82, 2.24) is 0 Å². The van der Waals surface area contributed by atoms with Crippen LogP contribution in [0.2, 0.25) is 0 Å². The van der Waals surface area contributed by atoms with Crippen molar-refractivity contribution in [2.24, 2.45) is 5.92 Å². The maximum absolute atomic E-state index is 5.37. The minimum Gasteiger partial charge on any atom is -0.495 e. The number of hydrogen-bond donors (Lipinski definition) is 1. The summed E-state index contributed by atoms with van der Waals surface area (Å²) in [6.45, 7) is 5.43. The number of nitrogens with one attached hydrogen (secondary N) is 1. The molecule has 0 aliphatic carbocycles. The largest absolute Gasteiger partial charge is 0.495 e. The van der Waals surface area contributed by atoms with Gasteiger partial charge < -0.3 is 10.1 Å². The Kier molecular flexibility index (Phi) is 2.36. The molecule has 2 heteroatoms. The quantitative estimate of drug-likeness (QED) is 0.736. The van der Waals surface area contributed by atoms with Gasteiger partial charge >= 0.3 is 0 Å². The Morgan fingerprint density at radius 2 is 2.21 bits per heavy atom. The van der Waals surface area contributed by atoms with Gasteiger partial charge in [-0.3, -0.25) is 0 Å². The van der Waals surface area contributed by atoms with Crippen molar-refractivity contribution in [3.05, 3.63) is 23.3 Å². The number of hydrogen-bond acceptors (Lipinski definition) is 2. The van der Waals surface area contributed by atoms with Crippen molar-refractivity contribution in [1.29, 1.82) is 0 Å². The van der Waals surface area contributed by atoms with Crippen LogP contribution in [0.1, 0.15) is 18.1 Å². The highest BCUT2D eigenvalue weighted by Crippen LogP contribution is 2.34. The molecule has 0 aromatic heterocycles. The minimum absolute atomic E-state index is 0.717. The third-order valence-electron chi connectivity index (χ3n) is 2.74. The molecule has 1 aliphatic heterocycles. The summed E-state index contributed by atoms with van der Waals surface area (Å²) in [7, 11) is 1.73. The Hall–Kier alpha value is -1.18. The summed E-state index contributed by atoms with van der Waals surface area (Å²) in [4.78, 5) is 0. The highest BCUT2D eigenvalue weighted by atomic mass is 16.5. The van der Waals surface area contributed by atoms with Gasteiger partial charge in [-0.2, -0.15) is 0 Å². The topological polar surface area (TPSA) is 21.3 Å². The molecule has 0 spiro atoms. The second-order valence-electron chi connectivity index (χ2n) is 4.19. The van der Waals surface area contributed by atoms with E-state index in [0.717, 1.165) is 18.7 Å². The fourth-order valence-corrected chi connectivity index (χ4v) is 2.07. The zero-order valence-corrected chi connectivity index (χ0v) is 9.05. The lowest BCUT2D eigenvalue weighted by Crippen LogP contribution is -2.21. The summed E-state index contributed by atoms with van der Waals surface area (Å²) in [6, 6.07) is 4.34. The lowest BCUT2D eigenvalue weighted by molar-refractivity contribution is 0.413. The van der Waals surface area contributed by atoms with Crippen molar-refractivity contribution >= 4 is 5.69 Å². The maximum Gasteiger partial charge on any atom is 0.142 e. The van der Waals surface area contributed by atoms with Crippen LogP contribution in [0, 0.1) is 12.8 Å². The molecule has 1 aromatic rings. The van der Waals surface area contributed by atoms with E-state index in [-0.39, 0.29) is 0 Å². The average molecular weight is 191 g/mol. The number of fused-ring (bicyclic) bond motifs is 1. The summed E-state index contributed by atoms with van der Waals surface area (Å²) in [5.74, 6) is 1.70. The first-order valence-electron chi connectivity index (χ1n) is 5.12. The molecule has 14 heavy (non-hydrogen) atoms. The van der Waals surface area contributed by atoms with Crippen LogP contribution in [0.5, 0.6) is 5.75 Å². The van der Waals surface area contributed by atoms with E-state index < -0.39 is 0 Å². The van der Waals surface area contributed by atoms with Crippen molar-refractivity contribution in [2.45, 2.75) is 20.3 Å². The van der Waals surface area contributed by atoms with E-state index in [9.17, 15) is 0 Å². The summed E-state index contributed by atoms with van der Waals surface area (Å²) in [5, 5.41) is 3.43. The Bertz CT molecular complexity index is 346. The van der Waals surface area contributed by atoms with Gasteiger partial charge in [0.15, 0.2) is 0 Å². The first-order valence-corrected chi connectivity index (χ1v) is 5.12. The van der Waals surface area contributed by atoms with Crippen LogP contribution in [0.25, 0.3) is 0 Å². The maximum atomic E-state index is 5.37. The monoisotopic (exact) mass is 191 g/mol. The minimum atomic E-state index is 0.717. The van der Waals surface area contributed by atoms with E-state index in [0.29, 0.717) is 5.92 Å². The molecule has 2 rings (SSSR count). The fraction of sp³-hybridized carbons (Fsp3) is 0.500.